The Hall–Kier alpha value is -1.03. The zero-order valence-corrected chi connectivity index (χ0v) is 13.7. The SMILES string of the molecule is COc1cccc(CC(=O)N(C)C2CCCCC2Br)c1. The van der Waals surface area contributed by atoms with E-state index in [1.807, 2.05) is 36.2 Å². The first kappa shape index (κ1) is 15.4. The van der Waals surface area contributed by atoms with Crippen molar-refractivity contribution < 1.29 is 9.53 Å². The highest BCUT2D eigenvalue weighted by atomic mass is 79.9. The highest BCUT2D eigenvalue weighted by Gasteiger charge is 2.28. The third kappa shape index (κ3) is 3.75. The molecule has 0 radical (unpaired) electrons. The van der Waals surface area contributed by atoms with Gasteiger partial charge in [0.2, 0.25) is 5.91 Å². The van der Waals surface area contributed by atoms with Crippen molar-refractivity contribution in [3.05, 3.63) is 29.8 Å². The van der Waals surface area contributed by atoms with Crippen molar-refractivity contribution in [3.8, 4) is 5.75 Å². The fraction of sp³-hybridized carbons (Fsp3) is 0.562. The number of amides is 1. The number of nitrogens with zero attached hydrogens (tertiary/aromatic N) is 1. The Morgan fingerprint density at radius 2 is 2.15 bits per heavy atom. The standard InChI is InChI=1S/C16H22BrNO2/c1-18(15-9-4-3-8-14(15)17)16(19)11-12-6-5-7-13(10-12)20-2/h5-7,10,14-15H,3-4,8-9,11H2,1-2H3. The van der Waals surface area contributed by atoms with Crippen LogP contribution in [0.15, 0.2) is 24.3 Å². The van der Waals surface area contributed by atoms with Crippen LogP contribution in [0.5, 0.6) is 5.75 Å². The number of likely N-dealkylation sites (N-methyl/N-ethyl adjacent to an activating group) is 1. The molecule has 1 aromatic carbocycles. The molecule has 1 aliphatic rings. The molecule has 1 fully saturated rings. The molecular formula is C16H22BrNO2. The van der Waals surface area contributed by atoms with Crippen LogP contribution < -0.4 is 4.74 Å². The zero-order chi connectivity index (χ0) is 14.5. The van der Waals surface area contributed by atoms with E-state index in [2.05, 4.69) is 15.9 Å². The number of rotatable bonds is 4. The molecule has 2 unspecified atom stereocenters. The molecule has 0 saturated heterocycles. The van der Waals surface area contributed by atoms with Gasteiger partial charge in [0.1, 0.15) is 5.75 Å². The van der Waals surface area contributed by atoms with Gasteiger partial charge in [0.05, 0.1) is 13.5 Å². The third-order valence-corrected chi connectivity index (χ3v) is 5.10. The van der Waals surface area contributed by atoms with Crippen LogP contribution >= 0.6 is 15.9 Å². The fourth-order valence-electron chi connectivity index (χ4n) is 2.77. The Labute approximate surface area is 129 Å². The van der Waals surface area contributed by atoms with Crippen LogP contribution in [0.2, 0.25) is 0 Å². The van der Waals surface area contributed by atoms with Crippen molar-refractivity contribution in [2.75, 3.05) is 14.2 Å². The second-order valence-corrected chi connectivity index (χ2v) is 6.58. The molecule has 2 atom stereocenters. The Bertz CT molecular complexity index is 464. The molecule has 0 aromatic heterocycles. The van der Waals surface area contributed by atoms with Gasteiger partial charge in [-0.1, -0.05) is 40.9 Å². The van der Waals surface area contributed by atoms with Crippen LogP contribution in [-0.2, 0) is 11.2 Å². The molecule has 2 rings (SSSR count). The number of ether oxygens (including phenoxy) is 1. The van der Waals surface area contributed by atoms with Gasteiger partial charge in [-0.25, -0.2) is 0 Å². The smallest absolute Gasteiger partial charge is 0.227 e. The van der Waals surface area contributed by atoms with Gasteiger partial charge in [-0.15, -0.1) is 0 Å². The third-order valence-electron chi connectivity index (χ3n) is 4.03. The number of benzene rings is 1. The van der Waals surface area contributed by atoms with Gasteiger partial charge in [-0.3, -0.25) is 4.79 Å². The van der Waals surface area contributed by atoms with E-state index in [0.29, 0.717) is 17.3 Å². The van der Waals surface area contributed by atoms with Gasteiger partial charge in [-0.05, 0) is 30.5 Å². The van der Waals surface area contributed by atoms with Crippen molar-refractivity contribution in [1.29, 1.82) is 0 Å². The molecule has 4 heteroatoms. The molecule has 20 heavy (non-hydrogen) atoms. The topological polar surface area (TPSA) is 29.5 Å². The van der Waals surface area contributed by atoms with Crippen LogP contribution in [0.25, 0.3) is 0 Å². The van der Waals surface area contributed by atoms with Gasteiger partial charge < -0.3 is 9.64 Å². The summed E-state index contributed by atoms with van der Waals surface area (Å²) in [6, 6.07) is 8.05. The highest BCUT2D eigenvalue weighted by molar-refractivity contribution is 9.09. The summed E-state index contributed by atoms with van der Waals surface area (Å²) in [5.74, 6) is 0.976. The van der Waals surface area contributed by atoms with Crippen LogP contribution in [0.1, 0.15) is 31.2 Å². The monoisotopic (exact) mass is 339 g/mol. The van der Waals surface area contributed by atoms with E-state index < -0.39 is 0 Å². The summed E-state index contributed by atoms with van der Waals surface area (Å²) in [6.07, 6.45) is 5.15. The van der Waals surface area contributed by atoms with E-state index in [1.165, 1.54) is 12.8 Å². The minimum Gasteiger partial charge on any atom is -0.497 e. The Morgan fingerprint density at radius 1 is 1.40 bits per heavy atom. The number of hydrogen-bond donors (Lipinski definition) is 0. The number of carbonyl (C=O) groups is 1. The summed E-state index contributed by atoms with van der Waals surface area (Å²) in [6.45, 7) is 0. The first-order valence-electron chi connectivity index (χ1n) is 7.14. The van der Waals surface area contributed by atoms with Gasteiger partial charge >= 0.3 is 0 Å². The summed E-state index contributed by atoms with van der Waals surface area (Å²) >= 11 is 3.72. The van der Waals surface area contributed by atoms with Gasteiger partial charge in [0, 0.05) is 17.9 Å². The summed E-state index contributed by atoms with van der Waals surface area (Å²) in [7, 11) is 3.57. The van der Waals surface area contributed by atoms with Gasteiger partial charge in [0.15, 0.2) is 0 Å². The Morgan fingerprint density at radius 3 is 2.85 bits per heavy atom. The molecular weight excluding hydrogens is 318 g/mol. The van der Waals surface area contributed by atoms with E-state index in [9.17, 15) is 4.79 Å². The number of hydrogen-bond acceptors (Lipinski definition) is 2. The number of methoxy groups -OCH3 is 1. The van der Waals surface area contributed by atoms with Gasteiger partial charge in [-0.2, -0.15) is 0 Å². The minimum absolute atomic E-state index is 0.176. The van der Waals surface area contributed by atoms with Crippen molar-refractivity contribution in [3.63, 3.8) is 0 Å². The molecule has 1 saturated carbocycles. The van der Waals surface area contributed by atoms with Crippen LogP contribution in [-0.4, -0.2) is 35.8 Å². The maximum Gasteiger partial charge on any atom is 0.227 e. The maximum absolute atomic E-state index is 12.4. The first-order chi connectivity index (χ1) is 9.61. The van der Waals surface area contributed by atoms with E-state index in [4.69, 9.17) is 4.74 Å². The average Bonchev–Trinajstić information content (AvgIpc) is 2.47. The summed E-state index contributed by atoms with van der Waals surface area (Å²) < 4.78 is 5.20. The second kappa shape index (κ2) is 7.11. The molecule has 0 N–H and O–H groups in total. The molecule has 110 valence electrons. The molecule has 0 bridgehead atoms. The normalized spacial score (nSPS) is 22.4. The lowest BCUT2D eigenvalue weighted by Crippen LogP contribution is -2.44. The van der Waals surface area contributed by atoms with Crippen LogP contribution in [0.4, 0.5) is 0 Å². The molecule has 1 amide bonds. The summed E-state index contributed by atoms with van der Waals surface area (Å²) in [5.41, 5.74) is 1.00. The summed E-state index contributed by atoms with van der Waals surface area (Å²) in [4.78, 5) is 14.8. The second-order valence-electron chi connectivity index (χ2n) is 5.40. The van der Waals surface area contributed by atoms with Crippen molar-refractivity contribution >= 4 is 21.8 Å². The van der Waals surface area contributed by atoms with E-state index in [0.717, 1.165) is 24.2 Å². The average molecular weight is 340 g/mol. The molecule has 1 aliphatic carbocycles. The Kier molecular flexibility index (Phi) is 5.46. The lowest BCUT2D eigenvalue weighted by molar-refractivity contribution is -0.131. The van der Waals surface area contributed by atoms with Gasteiger partial charge in [0.25, 0.3) is 0 Å². The summed E-state index contributed by atoms with van der Waals surface area (Å²) in [5, 5.41) is 0. The van der Waals surface area contributed by atoms with Crippen molar-refractivity contribution in [2.24, 2.45) is 0 Å². The highest BCUT2D eigenvalue weighted by Crippen LogP contribution is 2.28. The number of halogens is 1. The van der Waals surface area contributed by atoms with Crippen LogP contribution in [0.3, 0.4) is 0 Å². The molecule has 1 aromatic rings. The molecule has 0 spiro atoms. The molecule has 0 aliphatic heterocycles. The zero-order valence-electron chi connectivity index (χ0n) is 12.1. The van der Waals surface area contributed by atoms with E-state index in [1.54, 1.807) is 7.11 Å². The van der Waals surface area contributed by atoms with Crippen molar-refractivity contribution in [1.82, 2.24) is 4.90 Å². The van der Waals surface area contributed by atoms with Crippen LogP contribution in [0, 0.1) is 0 Å². The Balaban J connectivity index is 1.99. The van der Waals surface area contributed by atoms with E-state index >= 15 is 0 Å². The predicted octanol–water partition coefficient (Wildman–Crippen LogP) is 3.40. The number of carbonyl (C=O) groups excluding carboxylic acids is 1. The fourth-order valence-corrected chi connectivity index (χ4v) is 3.71. The van der Waals surface area contributed by atoms with Crippen molar-refractivity contribution in [2.45, 2.75) is 43.0 Å². The lowest BCUT2D eigenvalue weighted by Gasteiger charge is -2.35. The predicted molar refractivity (Wildman–Crippen MR) is 84.4 cm³/mol. The molecule has 3 nitrogen and oxygen atoms in total. The molecule has 0 heterocycles. The largest absolute Gasteiger partial charge is 0.497 e. The minimum atomic E-state index is 0.176. The number of alkyl halides is 1. The van der Waals surface area contributed by atoms with E-state index in [-0.39, 0.29) is 5.91 Å². The quantitative estimate of drug-likeness (QED) is 0.787. The lowest BCUT2D eigenvalue weighted by atomic mass is 9.94. The first-order valence-corrected chi connectivity index (χ1v) is 8.06. The maximum atomic E-state index is 12.4.